The van der Waals surface area contributed by atoms with E-state index in [2.05, 4.69) is 63.2 Å². The highest BCUT2D eigenvalue weighted by Gasteiger charge is 2.24. The zero-order valence-corrected chi connectivity index (χ0v) is 24.4. The van der Waals surface area contributed by atoms with Crippen molar-refractivity contribution >= 4 is 34.5 Å². The average Bonchev–Trinajstić information content (AvgIpc) is 2.98. The minimum absolute atomic E-state index is 0.00739. The predicted octanol–water partition coefficient (Wildman–Crippen LogP) is 2.02. The Balaban J connectivity index is 1.71. The first-order valence-corrected chi connectivity index (χ1v) is 14.3. The van der Waals surface area contributed by atoms with Crippen LogP contribution in [-0.2, 0) is 4.79 Å². The van der Waals surface area contributed by atoms with Gasteiger partial charge in [0.2, 0.25) is 5.91 Å². The molecule has 3 aromatic carbocycles. The van der Waals surface area contributed by atoms with Gasteiger partial charge in [-0.1, -0.05) is 36.4 Å². The van der Waals surface area contributed by atoms with Crippen molar-refractivity contribution in [2.24, 2.45) is 32.9 Å². The fraction of sp³-hybridized carbons (Fsp3) is 0.355. The van der Waals surface area contributed by atoms with Crippen LogP contribution in [-0.4, -0.2) is 55.5 Å². The lowest BCUT2D eigenvalue weighted by molar-refractivity contribution is -0.123. The van der Waals surface area contributed by atoms with Crippen molar-refractivity contribution in [1.29, 1.82) is 0 Å². The Kier molecular flexibility index (Phi) is 12.7. The third-order valence-electron chi connectivity index (χ3n) is 6.97. The van der Waals surface area contributed by atoms with E-state index in [1.807, 2.05) is 12.1 Å². The Morgan fingerprint density at radius 1 is 0.814 bits per heavy atom. The normalized spacial score (nSPS) is 13.0. The number of carbonyl (C=O) groups excluding carboxylic acids is 2. The SMILES string of the molecule is C[C@H](NC[C@H](CCCN=C(N)N)NC(=O)[C@H](CCCN=C(N)N)NC(=O)c1ccc(F)cc1)c1ccc2ccccc2c1. The van der Waals surface area contributed by atoms with Gasteiger partial charge in [0, 0.05) is 37.3 Å². The zero-order chi connectivity index (χ0) is 31.2. The van der Waals surface area contributed by atoms with Crippen LogP contribution in [0.3, 0.4) is 0 Å². The molecule has 3 rings (SSSR count). The third kappa shape index (κ3) is 11.2. The molecule has 0 fully saturated rings. The number of guanidine groups is 2. The van der Waals surface area contributed by atoms with E-state index < -0.39 is 17.8 Å². The summed E-state index contributed by atoms with van der Waals surface area (Å²) >= 11 is 0. The van der Waals surface area contributed by atoms with Crippen LogP contribution < -0.4 is 38.9 Å². The lowest BCUT2D eigenvalue weighted by Crippen LogP contribution is -2.52. The summed E-state index contributed by atoms with van der Waals surface area (Å²) in [5, 5.41) is 11.7. The summed E-state index contributed by atoms with van der Waals surface area (Å²) in [6.45, 7) is 3.25. The Hall–Kier alpha value is -4.71. The number of rotatable bonds is 16. The van der Waals surface area contributed by atoms with Crippen LogP contribution in [0.25, 0.3) is 10.8 Å². The second kappa shape index (κ2) is 16.7. The molecule has 0 heterocycles. The molecule has 11 nitrogen and oxygen atoms in total. The summed E-state index contributed by atoms with van der Waals surface area (Å²) in [6, 6.07) is 18.5. The van der Waals surface area contributed by atoms with Gasteiger partial charge in [0.15, 0.2) is 11.9 Å². The van der Waals surface area contributed by atoms with E-state index in [0.29, 0.717) is 38.9 Å². The molecule has 43 heavy (non-hydrogen) atoms. The van der Waals surface area contributed by atoms with Gasteiger partial charge in [0.25, 0.3) is 5.91 Å². The van der Waals surface area contributed by atoms with E-state index in [1.165, 1.54) is 24.3 Å². The van der Waals surface area contributed by atoms with E-state index >= 15 is 0 Å². The van der Waals surface area contributed by atoms with Gasteiger partial charge in [-0.2, -0.15) is 0 Å². The van der Waals surface area contributed by atoms with Crippen LogP contribution in [0.5, 0.6) is 0 Å². The number of halogens is 1. The van der Waals surface area contributed by atoms with E-state index in [1.54, 1.807) is 0 Å². The van der Waals surface area contributed by atoms with E-state index in [0.717, 1.165) is 16.3 Å². The summed E-state index contributed by atoms with van der Waals surface area (Å²) in [4.78, 5) is 34.5. The number of nitrogens with zero attached hydrogens (tertiary/aromatic N) is 2. The molecule has 0 aliphatic rings. The molecule has 3 aromatic rings. The van der Waals surface area contributed by atoms with E-state index in [9.17, 15) is 14.0 Å². The molecule has 0 bridgehead atoms. The first kappa shape index (κ1) is 32.8. The zero-order valence-electron chi connectivity index (χ0n) is 24.4. The molecule has 0 saturated heterocycles. The van der Waals surface area contributed by atoms with Crippen LogP contribution in [0.2, 0.25) is 0 Å². The maximum absolute atomic E-state index is 13.5. The highest BCUT2D eigenvalue weighted by atomic mass is 19.1. The van der Waals surface area contributed by atoms with Crippen molar-refractivity contribution in [3.8, 4) is 0 Å². The number of nitrogens with one attached hydrogen (secondary N) is 3. The number of hydrogen-bond donors (Lipinski definition) is 7. The number of hydrogen-bond acceptors (Lipinski definition) is 5. The average molecular weight is 592 g/mol. The molecule has 0 aliphatic heterocycles. The molecular weight excluding hydrogens is 549 g/mol. The summed E-state index contributed by atoms with van der Waals surface area (Å²) in [5.74, 6) is -1.35. The molecular formula is C31H42FN9O2. The second-order valence-electron chi connectivity index (χ2n) is 10.4. The minimum atomic E-state index is -0.870. The number of amides is 2. The first-order valence-electron chi connectivity index (χ1n) is 14.3. The van der Waals surface area contributed by atoms with Crippen LogP contribution in [0.15, 0.2) is 76.7 Å². The molecule has 230 valence electrons. The van der Waals surface area contributed by atoms with Crippen LogP contribution >= 0.6 is 0 Å². The number of fused-ring (bicyclic) bond motifs is 1. The second-order valence-corrected chi connectivity index (χ2v) is 10.4. The van der Waals surface area contributed by atoms with Crippen molar-refractivity contribution in [2.75, 3.05) is 19.6 Å². The number of benzene rings is 3. The molecule has 0 radical (unpaired) electrons. The Morgan fingerprint density at radius 3 is 2.09 bits per heavy atom. The molecule has 12 heteroatoms. The van der Waals surface area contributed by atoms with Crippen LogP contribution in [0, 0.1) is 5.82 Å². The van der Waals surface area contributed by atoms with Gasteiger partial charge >= 0.3 is 0 Å². The maximum Gasteiger partial charge on any atom is 0.251 e. The maximum atomic E-state index is 13.5. The van der Waals surface area contributed by atoms with Crippen LogP contribution in [0.1, 0.15) is 54.6 Å². The molecule has 0 saturated carbocycles. The van der Waals surface area contributed by atoms with Gasteiger partial charge in [-0.15, -0.1) is 0 Å². The van der Waals surface area contributed by atoms with Crippen molar-refractivity contribution in [2.45, 2.75) is 50.7 Å². The summed E-state index contributed by atoms with van der Waals surface area (Å²) in [7, 11) is 0. The lowest BCUT2D eigenvalue weighted by atomic mass is 10.0. The van der Waals surface area contributed by atoms with Gasteiger partial charge in [0.1, 0.15) is 11.9 Å². The highest BCUT2D eigenvalue weighted by molar-refractivity contribution is 5.97. The Bertz CT molecular complexity index is 1400. The van der Waals surface area contributed by atoms with Gasteiger partial charge in [-0.25, -0.2) is 4.39 Å². The quantitative estimate of drug-likeness (QED) is 0.0750. The molecule has 2 amide bonds. The fourth-order valence-electron chi connectivity index (χ4n) is 4.60. The molecule has 0 aliphatic carbocycles. The highest BCUT2D eigenvalue weighted by Crippen LogP contribution is 2.20. The van der Waals surface area contributed by atoms with Crippen LogP contribution in [0.4, 0.5) is 4.39 Å². The first-order chi connectivity index (χ1) is 20.6. The largest absolute Gasteiger partial charge is 0.370 e. The molecule has 3 atom stereocenters. The standard InChI is InChI=1S/C31H42FN9O2/c1-20(23-11-10-21-6-2-3-7-24(21)18-23)39-19-26(8-4-16-37-30(33)34)40-29(43)27(9-5-17-38-31(35)36)41-28(42)22-12-14-25(32)15-13-22/h2-3,6-7,10-15,18,20,26-27,39H,4-5,8-9,16-17,19H2,1H3,(H,40,43)(H,41,42)(H4,33,34,37)(H4,35,36,38)/t20-,26-,27-/m0/s1. The smallest absolute Gasteiger partial charge is 0.251 e. The summed E-state index contributed by atoms with van der Waals surface area (Å²) in [6.07, 6.45) is 1.96. The van der Waals surface area contributed by atoms with Gasteiger partial charge in [-0.05, 0) is 79.3 Å². The predicted molar refractivity (Wildman–Crippen MR) is 170 cm³/mol. The molecule has 0 aromatic heterocycles. The summed E-state index contributed by atoms with van der Waals surface area (Å²) < 4.78 is 13.4. The molecule has 0 unspecified atom stereocenters. The monoisotopic (exact) mass is 591 g/mol. The topological polar surface area (TPSA) is 199 Å². The van der Waals surface area contributed by atoms with Crippen molar-refractivity contribution < 1.29 is 14.0 Å². The molecule has 11 N–H and O–H groups in total. The van der Waals surface area contributed by atoms with Crippen molar-refractivity contribution in [1.82, 2.24) is 16.0 Å². The number of carbonyl (C=O) groups is 2. The number of nitrogens with two attached hydrogens (primary N) is 4. The van der Waals surface area contributed by atoms with Gasteiger partial charge in [0.05, 0.1) is 0 Å². The number of aliphatic imine (C=N–C) groups is 2. The van der Waals surface area contributed by atoms with Crippen molar-refractivity contribution in [3.63, 3.8) is 0 Å². The third-order valence-corrected chi connectivity index (χ3v) is 6.97. The Labute approximate surface area is 251 Å². The Morgan fingerprint density at radius 2 is 1.44 bits per heavy atom. The van der Waals surface area contributed by atoms with E-state index in [-0.39, 0.29) is 41.9 Å². The summed E-state index contributed by atoms with van der Waals surface area (Å²) in [5.41, 5.74) is 23.1. The van der Waals surface area contributed by atoms with Crippen molar-refractivity contribution in [3.05, 3.63) is 83.7 Å². The lowest BCUT2D eigenvalue weighted by Gasteiger charge is -2.25. The van der Waals surface area contributed by atoms with E-state index in [4.69, 9.17) is 22.9 Å². The van der Waals surface area contributed by atoms with Gasteiger partial charge < -0.3 is 38.9 Å². The molecule has 0 spiro atoms. The minimum Gasteiger partial charge on any atom is -0.370 e. The van der Waals surface area contributed by atoms with Gasteiger partial charge in [-0.3, -0.25) is 19.6 Å². The fourth-order valence-corrected chi connectivity index (χ4v) is 4.60.